The number of hydrogen-bond donors (Lipinski definition) is 0. The maximum absolute atomic E-state index is 11.5. The monoisotopic (exact) mass is 228 g/mol. The number of rotatable bonds is 3. The van der Waals surface area contributed by atoms with Crippen molar-refractivity contribution in [3.8, 4) is 0 Å². The second-order valence-electron chi connectivity index (χ2n) is 4.46. The van der Waals surface area contributed by atoms with E-state index in [1.807, 2.05) is 6.92 Å². The van der Waals surface area contributed by atoms with Crippen LogP contribution in [0.4, 0.5) is 0 Å². The smallest absolute Gasteiger partial charge is 0.306 e. The van der Waals surface area contributed by atoms with Crippen LogP contribution in [0.15, 0.2) is 0 Å². The number of hydrogen-bond acceptors (Lipinski definition) is 4. The van der Waals surface area contributed by atoms with Gasteiger partial charge in [-0.05, 0) is 19.8 Å². The quantitative estimate of drug-likeness (QED) is 0.692. The van der Waals surface area contributed by atoms with Crippen LogP contribution in [-0.2, 0) is 19.0 Å². The van der Waals surface area contributed by atoms with Gasteiger partial charge in [-0.2, -0.15) is 0 Å². The third-order valence-corrected chi connectivity index (χ3v) is 3.44. The van der Waals surface area contributed by atoms with Crippen molar-refractivity contribution < 1.29 is 19.0 Å². The van der Waals surface area contributed by atoms with Gasteiger partial charge in [-0.25, -0.2) is 0 Å². The fourth-order valence-electron chi connectivity index (χ4n) is 2.72. The zero-order valence-electron chi connectivity index (χ0n) is 9.87. The first-order chi connectivity index (χ1) is 7.77. The van der Waals surface area contributed by atoms with E-state index in [-0.39, 0.29) is 11.9 Å². The van der Waals surface area contributed by atoms with Crippen molar-refractivity contribution >= 4 is 5.97 Å². The van der Waals surface area contributed by atoms with Gasteiger partial charge < -0.3 is 14.2 Å². The first kappa shape index (κ1) is 11.9. The van der Waals surface area contributed by atoms with Gasteiger partial charge >= 0.3 is 5.97 Å². The van der Waals surface area contributed by atoms with Gasteiger partial charge in [-0.1, -0.05) is 6.42 Å². The molecule has 0 amide bonds. The fourth-order valence-corrected chi connectivity index (χ4v) is 2.72. The second-order valence-corrected chi connectivity index (χ2v) is 4.46. The van der Waals surface area contributed by atoms with Crippen LogP contribution in [0, 0.1) is 5.92 Å². The van der Waals surface area contributed by atoms with Crippen LogP contribution in [0.1, 0.15) is 39.0 Å². The van der Waals surface area contributed by atoms with Gasteiger partial charge in [0.15, 0.2) is 5.79 Å². The summed E-state index contributed by atoms with van der Waals surface area (Å²) in [6.45, 7) is 3.58. The van der Waals surface area contributed by atoms with Gasteiger partial charge in [-0.3, -0.25) is 4.79 Å². The molecule has 2 fully saturated rings. The molecule has 1 aliphatic heterocycles. The molecular formula is C12H20O4. The summed E-state index contributed by atoms with van der Waals surface area (Å²) in [7, 11) is 0. The first-order valence-corrected chi connectivity index (χ1v) is 6.20. The minimum absolute atomic E-state index is 0.132. The number of ether oxygens (including phenoxy) is 3. The van der Waals surface area contributed by atoms with Crippen LogP contribution < -0.4 is 0 Å². The first-order valence-electron chi connectivity index (χ1n) is 6.20. The van der Waals surface area contributed by atoms with Crippen LogP contribution in [0.2, 0.25) is 0 Å². The Hall–Kier alpha value is -0.610. The van der Waals surface area contributed by atoms with Crippen molar-refractivity contribution in [3.63, 3.8) is 0 Å². The summed E-state index contributed by atoms with van der Waals surface area (Å²) in [6, 6.07) is 0. The maximum atomic E-state index is 11.5. The molecule has 0 unspecified atom stereocenters. The Balaban J connectivity index is 1.96. The molecule has 0 radical (unpaired) electrons. The largest absolute Gasteiger partial charge is 0.466 e. The zero-order chi connectivity index (χ0) is 11.4. The molecule has 0 bridgehead atoms. The Kier molecular flexibility index (Phi) is 3.82. The van der Waals surface area contributed by atoms with Crippen LogP contribution in [-0.4, -0.2) is 31.6 Å². The molecule has 0 N–H and O–H groups in total. The highest BCUT2D eigenvalue weighted by atomic mass is 16.7. The lowest BCUT2D eigenvalue weighted by Gasteiger charge is -2.38. The van der Waals surface area contributed by atoms with E-state index in [0.29, 0.717) is 26.2 Å². The average Bonchev–Trinajstić information content (AvgIpc) is 2.72. The minimum atomic E-state index is -0.481. The number of carbonyl (C=O) groups excluding carboxylic acids is 1. The molecule has 0 aromatic heterocycles. The predicted molar refractivity (Wildman–Crippen MR) is 57.8 cm³/mol. The summed E-state index contributed by atoms with van der Waals surface area (Å²) < 4.78 is 16.5. The predicted octanol–water partition coefficient (Wildman–Crippen LogP) is 1.87. The zero-order valence-corrected chi connectivity index (χ0v) is 9.87. The van der Waals surface area contributed by atoms with Crippen LogP contribution in [0.25, 0.3) is 0 Å². The molecule has 16 heavy (non-hydrogen) atoms. The lowest BCUT2D eigenvalue weighted by molar-refractivity contribution is -0.216. The molecule has 1 saturated carbocycles. The Morgan fingerprint density at radius 1 is 1.38 bits per heavy atom. The SMILES string of the molecule is CCOC(=O)C[C@H]1CCCCC12OCCO2. The van der Waals surface area contributed by atoms with Gasteiger partial charge in [0.1, 0.15) is 0 Å². The molecule has 1 spiro atoms. The van der Waals surface area contributed by atoms with E-state index in [0.717, 1.165) is 25.7 Å². The van der Waals surface area contributed by atoms with Crippen molar-refractivity contribution in [1.82, 2.24) is 0 Å². The number of carbonyl (C=O) groups is 1. The highest BCUT2D eigenvalue weighted by Crippen LogP contribution is 2.42. The second kappa shape index (κ2) is 5.15. The van der Waals surface area contributed by atoms with Gasteiger partial charge in [0.05, 0.1) is 26.2 Å². The molecule has 2 aliphatic rings. The van der Waals surface area contributed by atoms with E-state index < -0.39 is 5.79 Å². The van der Waals surface area contributed by atoms with E-state index in [1.54, 1.807) is 0 Å². The summed E-state index contributed by atoms with van der Waals surface area (Å²) in [5.41, 5.74) is 0. The molecule has 1 heterocycles. The maximum Gasteiger partial charge on any atom is 0.306 e. The Morgan fingerprint density at radius 2 is 2.12 bits per heavy atom. The molecule has 1 atom stereocenters. The van der Waals surface area contributed by atoms with Gasteiger partial charge in [0, 0.05) is 12.3 Å². The molecule has 4 heteroatoms. The van der Waals surface area contributed by atoms with Crippen LogP contribution in [0.5, 0.6) is 0 Å². The Bertz CT molecular complexity index is 245. The highest BCUT2D eigenvalue weighted by Gasteiger charge is 2.46. The molecule has 2 rings (SSSR count). The summed E-state index contributed by atoms with van der Waals surface area (Å²) in [5.74, 6) is -0.443. The van der Waals surface area contributed by atoms with Crippen molar-refractivity contribution in [3.05, 3.63) is 0 Å². The Morgan fingerprint density at radius 3 is 2.81 bits per heavy atom. The van der Waals surface area contributed by atoms with Crippen molar-refractivity contribution in [1.29, 1.82) is 0 Å². The van der Waals surface area contributed by atoms with Crippen molar-refractivity contribution in [2.24, 2.45) is 5.92 Å². The van der Waals surface area contributed by atoms with E-state index in [4.69, 9.17) is 14.2 Å². The number of esters is 1. The lowest BCUT2D eigenvalue weighted by Crippen LogP contribution is -2.43. The average molecular weight is 228 g/mol. The highest BCUT2D eigenvalue weighted by molar-refractivity contribution is 5.69. The lowest BCUT2D eigenvalue weighted by atomic mass is 9.81. The molecule has 0 aromatic carbocycles. The molecular weight excluding hydrogens is 208 g/mol. The van der Waals surface area contributed by atoms with E-state index in [1.165, 1.54) is 0 Å². The van der Waals surface area contributed by atoms with Gasteiger partial charge in [0.25, 0.3) is 0 Å². The van der Waals surface area contributed by atoms with E-state index >= 15 is 0 Å². The van der Waals surface area contributed by atoms with Gasteiger partial charge in [0.2, 0.25) is 0 Å². The standard InChI is InChI=1S/C12H20O4/c1-2-14-11(13)9-10-5-3-4-6-12(10)15-7-8-16-12/h10H,2-9H2,1H3/t10-/m1/s1. The Labute approximate surface area is 96.2 Å². The molecule has 0 aromatic rings. The van der Waals surface area contributed by atoms with Crippen LogP contribution in [0.3, 0.4) is 0 Å². The molecule has 92 valence electrons. The van der Waals surface area contributed by atoms with Crippen LogP contribution >= 0.6 is 0 Å². The van der Waals surface area contributed by atoms with Crippen molar-refractivity contribution in [2.75, 3.05) is 19.8 Å². The van der Waals surface area contributed by atoms with Crippen molar-refractivity contribution in [2.45, 2.75) is 44.8 Å². The molecule has 4 nitrogen and oxygen atoms in total. The molecule has 1 saturated heterocycles. The summed E-state index contributed by atoms with van der Waals surface area (Å²) in [5, 5.41) is 0. The van der Waals surface area contributed by atoms with Gasteiger partial charge in [-0.15, -0.1) is 0 Å². The topological polar surface area (TPSA) is 44.8 Å². The normalized spacial score (nSPS) is 28.2. The summed E-state index contributed by atoms with van der Waals surface area (Å²) >= 11 is 0. The van der Waals surface area contributed by atoms with E-state index in [2.05, 4.69) is 0 Å². The molecule has 1 aliphatic carbocycles. The van der Waals surface area contributed by atoms with E-state index in [9.17, 15) is 4.79 Å². The summed E-state index contributed by atoms with van der Waals surface area (Å²) in [4.78, 5) is 11.5. The minimum Gasteiger partial charge on any atom is -0.466 e. The third kappa shape index (κ3) is 2.38. The third-order valence-electron chi connectivity index (χ3n) is 3.44. The summed E-state index contributed by atoms with van der Waals surface area (Å²) in [6.07, 6.45) is 4.61. The fraction of sp³-hybridized carbons (Fsp3) is 0.917.